The van der Waals surface area contributed by atoms with Crippen LogP contribution in [0.15, 0.2) is 36.5 Å². The third-order valence-electron chi connectivity index (χ3n) is 5.71. The van der Waals surface area contributed by atoms with Gasteiger partial charge in [0, 0.05) is 69.2 Å². The lowest BCUT2D eigenvalue weighted by Gasteiger charge is -2.19. The molecule has 0 aliphatic carbocycles. The van der Waals surface area contributed by atoms with Crippen molar-refractivity contribution in [2.75, 3.05) is 40.5 Å². The molecule has 0 bridgehead atoms. The van der Waals surface area contributed by atoms with Crippen LogP contribution in [0.1, 0.15) is 88.5 Å². The molecule has 0 unspecified atom stereocenters. The van der Waals surface area contributed by atoms with E-state index in [0.29, 0.717) is 37.3 Å². The summed E-state index contributed by atoms with van der Waals surface area (Å²) in [6.45, 7) is 14.1. The van der Waals surface area contributed by atoms with Gasteiger partial charge >= 0.3 is 18.2 Å². The maximum Gasteiger partial charge on any atom is 0.423 e. The Morgan fingerprint density at radius 1 is 0.635 bits per heavy atom. The van der Waals surface area contributed by atoms with E-state index in [0.717, 1.165) is 45.3 Å². The topological polar surface area (TPSA) is 226 Å². The molecule has 0 radical (unpaired) electrons. The Balaban J connectivity index is -0.000000301. The van der Waals surface area contributed by atoms with Gasteiger partial charge in [0.1, 0.15) is 5.60 Å². The molecule has 0 aromatic carbocycles. The van der Waals surface area contributed by atoms with Gasteiger partial charge < -0.3 is 24.7 Å². The first-order valence-electron chi connectivity index (χ1n) is 15.7. The Morgan fingerprint density at radius 2 is 1.02 bits per heavy atom. The lowest BCUT2D eigenvalue weighted by atomic mass is 10.1. The fourth-order valence-electron chi connectivity index (χ4n) is 3.51. The van der Waals surface area contributed by atoms with Crippen LogP contribution >= 0.6 is 0 Å². The van der Waals surface area contributed by atoms with E-state index >= 15 is 0 Å². The van der Waals surface area contributed by atoms with E-state index in [1.807, 2.05) is 41.5 Å². The van der Waals surface area contributed by atoms with Crippen LogP contribution in [-0.2, 0) is 52.5 Å². The zero-order valence-corrected chi connectivity index (χ0v) is 30.1. The number of nitrogens with two attached hydrogens (primary N) is 1. The Morgan fingerprint density at radius 3 is 1.33 bits per heavy atom. The predicted molar refractivity (Wildman–Crippen MR) is 192 cm³/mol. The standard InChI is InChI=1S/C14H21NO4.C7H9NO2.C6H5NO4.C4H10O.C2H5NO2.2CH4/c1-14(2,3)19-13(18)7-5-4-6-10-15-11(16)8-9-12(15)17;1-2-5-8-6(9)3-4-7(8)10;1-11-6(10)7-4(8)2-3-5(7)9;1-3-5-4-2;1-5-2(3)4;;/h8-9H,4-7,10H2,1-3H3;3-4H,2,5H2,1H3;2-3H,1H3;3-4H2,1-2H3;1H3,(H2,3,4);2*1H4. The van der Waals surface area contributed by atoms with E-state index in [2.05, 4.69) is 15.2 Å². The number of ether oxygens (including phenoxy) is 4. The van der Waals surface area contributed by atoms with Crippen LogP contribution in [0.4, 0.5) is 9.59 Å². The minimum absolute atomic E-state index is 0. The summed E-state index contributed by atoms with van der Waals surface area (Å²) in [7, 11) is 2.32. The first-order chi connectivity index (χ1) is 23.4. The summed E-state index contributed by atoms with van der Waals surface area (Å²) in [6.07, 6.45) is 8.89. The van der Waals surface area contributed by atoms with Gasteiger partial charge in [0.2, 0.25) is 0 Å². The van der Waals surface area contributed by atoms with Crippen molar-refractivity contribution in [2.45, 2.75) is 94.1 Å². The lowest BCUT2D eigenvalue weighted by molar-refractivity contribution is -0.155. The monoisotopic (exact) mass is 742 g/mol. The number of primary amides is 1. The average molecular weight is 743 g/mol. The van der Waals surface area contributed by atoms with Crippen molar-refractivity contribution in [3.63, 3.8) is 0 Å². The molecular formula is C35H58N4O13. The van der Waals surface area contributed by atoms with E-state index in [1.54, 1.807) is 0 Å². The number of unbranched alkanes of at least 4 members (excludes halogenated alkanes) is 2. The second-order valence-corrected chi connectivity index (χ2v) is 10.8. The Kier molecular flexibility index (Phi) is 30.4. The van der Waals surface area contributed by atoms with E-state index in [-0.39, 0.29) is 44.5 Å². The quantitative estimate of drug-likeness (QED) is 0.145. The number of imide groups is 5. The van der Waals surface area contributed by atoms with Gasteiger partial charge in [-0.05, 0) is 53.9 Å². The molecule has 0 saturated heterocycles. The number of carbonyl (C=O) groups excluding carboxylic acids is 9. The van der Waals surface area contributed by atoms with Crippen molar-refractivity contribution >= 4 is 53.6 Å². The van der Waals surface area contributed by atoms with Crippen LogP contribution in [0.2, 0.25) is 0 Å². The average Bonchev–Trinajstić information content (AvgIpc) is 3.68. The van der Waals surface area contributed by atoms with Crippen LogP contribution in [0.25, 0.3) is 0 Å². The highest BCUT2D eigenvalue weighted by atomic mass is 16.6. The molecule has 8 amide bonds. The van der Waals surface area contributed by atoms with Gasteiger partial charge in [-0.15, -0.1) is 0 Å². The molecular weight excluding hydrogens is 684 g/mol. The van der Waals surface area contributed by atoms with E-state index in [1.165, 1.54) is 41.2 Å². The Labute approximate surface area is 307 Å². The number of hydrogen-bond acceptors (Lipinski definition) is 13. The summed E-state index contributed by atoms with van der Waals surface area (Å²) in [5.74, 6) is -2.42. The van der Waals surface area contributed by atoms with Gasteiger partial charge in [0.15, 0.2) is 0 Å². The van der Waals surface area contributed by atoms with Gasteiger partial charge in [-0.25, -0.2) is 9.59 Å². The second-order valence-electron chi connectivity index (χ2n) is 10.8. The van der Waals surface area contributed by atoms with Crippen LogP contribution in [-0.4, -0.2) is 114 Å². The maximum atomic E-state index is 11.4. The van der Waals surface area contributed by atoms with Crippen molar-refractivity contribution in [2.24, 2.45) is 5.73 Å². The molecule has 2 N–H and O–H groups in total. The number of amides is 8. The summed E-state index contributed by atoms with van der Waals surface area (Å²) >= 11 is 0. The van der Waals surface area contributed by atoms with Gasteiger partial charge in [-0.2, -0.15) is 4.90 Å². The molecule has 17 heteroatoms. The lowest BCUT2D eigenvalue weighted by Crippen LogP contribution is -2.35. The Bertz CT molecular complexity index is 1230. The van der Waals surface area contributed by atoms with Gasteiger partial charge in [-0.1, -0.05) is 28.2 Å². The highest BCUT2D eigenvalue weighted by Crippen LogP contribution is 2.12. The molecule has 3 heterocycles. The van der Waals surface area contributed by atoms with Gasteiger partial charge in [-0.3, -0.25) is 43.4 Å². The van der Waals surface area contributed by atoms with Crippen molar-refractivity contribution < 1.29 is 62.1 Å². The van der Waals surface area contributed by atoms with Gasteiger partial charge in [0.25, 0.3) is 35.4 Å². The van der Waals surface area contributed by atoms with Crippen molar-refractivity contribution in [1.29, 1.82) is 0 Å². The summed E-state index contributed by atoms with van der Waals surface area (Å²) in [6, 6.07) is 0. The number of esters is 1. The van der Waals surface area contributed by atoms with Crippen LogP contribution in [0.5, 0.6) is 0 Å². The second kappa shape index (κ2) is 29.5. The largest absolute Gasteiger partial charge is 0.460 e. The summed E-state index contributed by atoms with van der Waals surface area (Å²) in [4.78, 5) is 99.8. The summed E-state index contributed by atoms with van der Waals surface area (Å²) in [5, 5.41) is 0. The molecule has 17 nitrogen and oxygen atoms in total. The molecule has 0 aromatic rings. The molecule has 52 heavy (non-hydrogen) atoms. The fourth-order valence-corrected chi connectivity index (χ4v) is 3.51. The molecule has 0 atom stereocenters. The number of methoxy groups -OCH3 is 2. The number of hydrogen-bond donors (Lipinski definition) is 1. The molecule has 0 aromatic heterocycles. The smallest absolute Gasteiger partial charge is 0.423 e. The molecule has 0 fully saturated rings. The number of nitrogens with zero attached hydrogens (tertiary/aromatic N) is 3. The highest BCUT2D eigenvalue weighted by molar-refractivity contribution is 6.21. The normalized spacial score (nSPS) is 13.7. The molecule has 0 spiro atoms. The first kappa shape index (κ1) is 53.6. The molecule has 3 aliphatic heterocycles. The van der Waals surface area contributed by atoms with E-state index < -0.39 is 29.6 Å². The van der Waals surface area contributed by atoms with Crippen LogP contribution in [0.3, 0.4) is 0 Å². The maximum absolute atomic E-state index is 11.4. The van der Waals surface area contributed by atoms with Crippen LogP contribution in [0, 0.1) is 0 Å². The zero-order valence-electron chi connectivity index (χ0n) is 30.1. The minimum atomic E-state index is -0.954. The summed E-state index contributed by atoms with van der Waals surface area (Å²) in [5.41, 5.74) is 3.98. The van der Waals surface area contributed by atoms with E-state index in [9.17, 15) is 43.2 Å². The third kappa shape index (κ3) is 24.0. The highest BCUT2D eigenvalue weighted by Gasteiger charge is 2.30. The van der Waals surface area contributed by atoms with E-state index in [4.69, 9.17) is 9.47 Å². The third-order valence-corrected chi connectivity index (χ3v) is 5.71. The summed E-state index contributed by atoms with van der Waals surface area (Å²) < 4.78 is 18.1. The number of carbonyl (C=O) groups is 9. The van der Waals surface area contributed by atoms with Crippen molar-refractivity contribution in [3.05, 3.63) is 36.5 Å². The van der Waals surface area contributed by atoms with Crippen molar-refractivity contribution in [3.8, 4) is 0 Å². The minimum Gasteiger partial charge on any atom is -0.460 e. The van der Waals surface area contributed by atoms with Crippen molar-refractivity contribution in [1.82, 2.24) is 14.7 Å². The Hall–Kier alpha value is -5.19. The molecule has 3 rings (SSSR count). The molecule has 3 aliphatic rings. The number of rotatable bonds is 10. The zero-order chi connectivity index (χ0) is 38.9. The SMILES string of the molecule is C.C.CC(C)(C)OC(=O)CCCCCN1C(=O)C=CC1=O.CCCN1C(=O)C=CC1=O.CCOCC.COC(=O)N1C(=O)C=CC1=O.COC(N)=O. The molecule has 296 valence electrons. The fraction of sp³-hybridized carbons (Fsp3) is 0.571. The van der Waals surface area contributed by atoms with Gasteiger partial charge in [0.05, 0.1) is 14.2 Å². The first-order valence-corrected chi connectivity index (χ1v) is 15.7. The predicted octanol–water partition coefficient (Wildman–Crippen LogP) is 3.84. The molecule has 0 saturated carbocycles. The van der Waals surface area contributed by atoms with Crippen LogP contribution < -0.4 is 5.73 Å².